The Labute approximate surface area is 139 Å². The van der Waals surface area contributed by atoms with Crippen LogP contribution in [0.1, 0.15) is 30.7 Å². The molecule has 7 heteroatoms. The van der Waals surface area contributed by atoms with Gasteiger partial charge in [-0.25, -0.2) is 9.97 Å². The molecule has 122 valence electrons. The Morgan fingerprint density at radius 2 is 2.17 bits per heavy atom. The largest absolute Gasteiger partial charge is 0.348 e. The zero-order chi connectivity index (χ0) is 15.8. The number of fused-ring (bicyclic) bond motifs is 5. The lowest BCUT2D eigenvalue weighted by molar-refractivity contribution is -0.894. The van der Waals surface area contributed by atoms with Crippen LogP contribution in [0.15, 0.2) is 6.33 Å². The zero-order valence-electron chi connectivity index (χ0n) is 13.7. The smallest absolute Gasteiger partial charge is 0.227 e. The minimum atomic E-state index is 0.816. The van der Waals surface area contributed by atoms with E-state index in [4.69, 9.17) is 4.98 Å². The molecule has 6 nitrogen and oxygen atoms in total. The van der Waals surface area contributed by atoms with Gasteiger partial charge in [-0.1, -0.05) is 0 Å². The Hall–Kier alpha value is -1.73. The maximum atomic E-state index is 4.85. The molecule has 0 atom stereocenters. The second-order valence-corrected chi connectivity index (χ2v) is 7.19. The number of hydrogen-bond acceptors (Lipinski definition) is 5. The van der Waals surface area contributed by atoms with Crippen molar-refractivity contribution in [2.24, 2.45) is 0 Å². The quantitative estimate of drug-likeness (QED) is 0.712. The monoisotopic (exact) mass is 331 g/mol. The van der Waals surface area contributed by atoms with Crippen LogP contribution in [0.3, 0.4) is 0 Å². The minimum Gasteiger partial charge on any atom is -0.348 e. The molecular weight excluding hydrogens is 308 g/mol. The average molecular weight is 331 g/mol. The lowest BCUT2D eigenvalue weighted by atomic mass is 10.2. The lowest BCUT2D eigenvalue weighted by Gasteiger charge is -2.15. The van der Waals surface area contributed by atoms with E-state index in [1.54, 1.807) is 11.2 Å². The molecule has 3 aromatic heterocycles. The number of quaternary nitrogens is 1. The number of aromatic nitrogens is 4. The summed E-state index contributed by atoms with van der Waals surface area (Å²) in [5.41, 5.74) is 2.40. The summed E-state index contributed by atoms with van der Waals surface area (Å²) in [6, 6.07) is 0. The molecule has 0 aliphatic heterocycles. The second kappa shape index (κ2) is 6.05. The minimum absolute atomic E-state index is 0.816. The van der Waals surface area contributed by atoms with Crippen molar-refractivity contribution in [2.45, 2.75) is 33.1 Å². The molecule has 23 heavy (non-hydrogen) atoms. The standard InChI is InChI=1S/C16H22N6S/c1-3-21(4-2)9-8-17-16-20-15-13(14-18-10-19-22(14)16)11-6-5-7-12(11)23-15/h10H,3-9H2,1-2H3,(H,17,20)/p+1. The average Bonchev–Trinajstić information content (AvgIpc) is 3.25. The molecule has 1 aliphatic carbocycles. The highest BCUT2D eigenvalue weighted by molar-refractivity contribution is 7.19. The fraction of sp³-hybridized carbons (Fsp3) is 0.562. The Morgan fingerprint density at radius 3 is 3.00 bits per heavy atom. The van der Waals surface area contributed by atoms with Crippen LogP contribution in [0.25, 0.3) is 15.9 Å². The summed E-state index contributed by atoms with van der Waals surface area (Å²) in [6.45, 7) is 8.75. The van der Waals surface area contributed by atoms with E-state index in [2.05, 4.69) is 29.2 Å². The first-order valence-corrected chi connectivity index (χ1v) is 9.34. The molecule has 0 fully saturated rings. The maximum absolute atomic E-state index is 4.85. The lowest BCUT2D eigenvalue weighted by Crippen LogP contribution is -3.12. The maximum Gasteiger partial charge on any atom is 0.227 e. The van der Waals surface area contributed by atoms with Crippen molar-refractivity contribution in [2.75, 3.05) is 31.5 Å². The highest BCUT2D eigenvalue weighted by atomic mass is 32.1. The van der Waals surface area contributed by atoms with Crippen LogP contribution in [0.4, 0.5) is 5.95 Å². The SMILES string of the molecule is CC[NH+](CC)CCNc1nc2sc3c(c2c2ncnn12)CCC3. The van der Waals surface area contributed by atoms with E-state index in [-0.39, 0.29) is 0 Å². The van der Waals surface area contributed by atoms with Crippen LogP contribution in [-0.2, 0) is 12.8 Å². The summed E-state index contributed by atoms with van der Waals surface area (Å²) in [7, 11) is 0. The molecule has 0 radical (unpaired) electrons. The van der Waals surface area contributed by atoms with Gasteiger partial charge in [0, 0.05) is 4.88 Å². The van der Waals surface area contributed by atoms with Crippen LogP contribution in [0.2, 0.25) is 0 Å². The molecular formula is C16H23N6S+. The van der Waals surface area contributed by atoms with E-state index in [1.807, 2.05) is 15.9 Å². The van der Waals surface area contributed by atoms with Gasteiger partial charge in [0.1, 0.15) is 11.2 Å². The van der Waals surface area contributed by atoms with E-state index in [9.17, 15) is 0 Å². The number of rotatable bonds is 6. The molecule has 4 rings (SSSR count). The van der Waals surface area contributed by atoms with E-state index >= 15 is 0 Å². The van der Waals surface area contributed by atoms with E-state index < -0.39 is 0 Å². The van der Waals surface area contributed by atoms with E-state index in [1.165, 1.54) is 28.7 Å². The number of nitrogens with one attached hydrogen (secondary N) is 2. The van der Waals surface area contributed by atoms with Gasteiger partial charge in [0.2, 0.25) is 5.95 Å². The summed E-state index contributed by atoms with van der Waals surface area (Å²) in [5, 5.41) is 9.08. The summed E-state index contributed by atoms with van der Waals surface area (Å²) >= 11 is 1.83. The van der Waals surface area contributed by atoms with Crippen LogP contribution in [-0.4, -0.2) is 45.8 Å². The van der Waals surface area contributed by atoms with Crippen molar-refractivity contribution in [3.05, 3.63) is 16.8 Å². The predicted molar refractivity (Wildman–Crippen MR) is 93.6 cm³/mol. The molecule has 0 saturated heterocycles. The number of thiophene rings is 1. The van der Waals surface area contributed by atoms with Gasteiger partial charge < -0.3 is 10.2 Å². The molecule has 3 aromatic rings. The molecule has 1 aliphatic rings. The first kappa shape index (κ1) is 14.8. The van der Waals surface area contributed by atoms with Crippen molar-refractivity contribution < 1.29 is 4.90 Å². The van der Waals surface area contributed by atoms with Gasteiger partial charge in [0.15, 0.2) is 5.65 Å². The van der Waals surface area contributed by atoms with Crippen molar-refractivity contribution in [3.8, 4) is 0 Å². The molecule has 0 amide bonds. The fourth-order valence-electron chi connectivity index (χ4n) is 3.48. The van der Waals surface area contributed by atoms with Crippen LogP contribution in [0, 0.1) is 0 Å². The molecule has 2 N–H and O–H groups in total. The second-order valence-electron chi connectivity index (χ2n) is 6.10. The number of anilines is 1. The third-order valence-electron chi connectivity index (χ3n) is 4.84. The molecule has 0 saturated carbocycles. The molecule has 3 heterocycles. The van der Waals surface area contributed by atoms with Crippen LogP contribution < -0.4 is 10.2 Å². The zero-order valence-corrected chi connectivity index (χ0v) is 14.5. The Bertz CT molecular complexity index is 832. The molecule has 0 aromatic carbocycles. The number of likely N-dealkylation sites (N-methyl/N-ethyl adjacent to an activating group) is 1. The third-order valence-corrected chi connectivity index (χ3v) is 6.03. The normalized spacial score (nSPS) is 14.2. The first-order valence-electron chi connectivity index (χ1n) is 8.53. The fourth-order valence-corrected chi connectivity index (χ4v) is 4.73. The van der Waals surface area contributed by atoms with Gasteiger partial charge in [0.05, 0.1) is 31.6 Å². The predicted octanol–water partition coefficient (Wildman–Crippen LogP) is 1.16. The van der Waals surface area contributed by atoms with Gasteiger partial charge in [-0.3, -0.25) is 0 Å². The van der Waals surface area contributed by atoms with Crippen molar-refractivity contribution in [1.29, 1.82) is 0 Å². The van der Waals surface area contributed by atoms with Crippen LogP contribution >= 0.6 is 11.3 Å². The Morgan fingerprint density at radius 1 is 1.30 bits per heavy atom. The van der Waals surface area contributed by atoms with Crippen molar-refractivity contribution >= 4 is 33.1 Å². The Balaban J connectivity index is 1.68. The number of hydrogen-bond donors (Lipinski definition) is 2. The van der Waals surface area contributed by atoms with Gasteiger partial charge >= 0.3 is 0 Å². The molecule has 0 bridgehead atoms. The Kier molecular flexibility index (Phi) is 3.90. The van der Waals surface area contributed by atoms with Gasteiger partial charge in [-0.05, 0) is 38.7 Å². The summed E-state index contributed by atoms with van der Waals surface area (Å²) < 4.78 is 1.87. The highest BCUT2D eigenvalue weighted by Gasteiger charge is 2.22. The topological polar surface area (TPSA) is 59.5 Å². The van der Waals surface area contributed by atoms with Gasteiger partial charge in [0.25, 0.3) is 0 Å². The highest BCUT2D eigenvalue weighted by Crippen LogP contribution is 2.38. The third kappa shape index (κ3) is 2.48. The summed E-state index contributed by atoms with van der Waals surface area (Å²) in [5.74, 6) is 0.816. The van der Waals surface area contributed by atoms with Crippen LogP contribution in [0.5, 0.6) is 0 Å². The first-order chi connectivity index (χ1) is 11.3. The van der Waals surface area contributed by atoms with E-state index in [0.717, 1.165) is 49.0 Å². The van der Waals surface area contributed by atoms with Crippen molar-refractivity contribution in [1.82, 2.24) is 19.6 Å². The molecule has 0 spiro atoms. The number of nitrogens with zero attached hydrogens (tertiary/aromatic N) is 4. The number of aryl methyl sites for hydroxylation is 2. The van der Waals surface area contributed by atoms with Gasteiger partial charge in [-0.15, -0.1) is 11.3 Å². The summed E-state index contributed by atoms with van der Waals surface area (Å²) in [6.07, 6.45) is 5.22. The van der Waals surface area contributed by atoms with E-state index in [0.29, 0.717) is 0 Å². The van der Waals surface area contributed by atoms with Gasteiger partial charge in [-0.2, -0.15) is 9.61 Å². The summed E-state index contributed by atoms with van der Waals surface area (Å²) in [4.78, 5) is 13.5. The molecule has 0 unspecified atom stereocenters. The van der Waals surface area contributed by atoms with Crippen molar-refractivity contribution in [3.63, 3.8) is 0 Å².